The average molecular weight is 307 g/mol. The molecule has 0 spiro atoms. The van der Waals surface area contributed by atoms with Crippen LogP contribution in [0.4, 0.5) is 0 Å². The summed E-state index contributed by atoms with van der Waals surface area (Å²) in [6.07, 6.45) is 8.11. The van der Waals surface area contributed by atoms with E-state index in [0.29, 0.717) is 11.6 Å². The largest absolute Gasteiger partial charge is 0.309 e. The molecule has 116 valence electrons. The lowest BCUT2D eigenvalue weighted by molar-refractivity contribution is 0.0771. The summed E-state index contributed by atoms with van der Waals surface area (Å²) in [6, 6.07) is 8.93. The smallest absolute Gasteiger partial charge is 0.0507 e. The Morgan fingerprint density at radius 3 is 2.29 bits per heavy atom. The summed E-state index contributed by atoms with van der Waals surface area (Å²) in [5, 5.41) is 4.62. The first-order valence-electron chi connectivity index (χ1n) is 8.50. The zero-order valence-corrected chi connectivity index (χ0v) is 13.8. The second kappa shape index (κ2) is 6.68. The van der Waals surface area contributed by atoms with Gasteiger partial charge in [-0.3, -0.25) is 4.90 Å². The van der Waals surface area contributed by atoms with E-state index in [4.69, 9.17) is 11.6 Å². The van der Waals surface area contributed by atoms with Gasteiger partial charge in [-0.25, -0.2) is 0 Å². The van der Waals surface area contributed by atoms with Gasteiger partial charge < -0.3 is 5.32 Å². The van der Waals surface area contributed by atoms with Gasteiger partial charge in [0.1, 0.15) is 0 Å². The second-order valence-electron chi connectivity index (χ2n) is 6.55. The highest BCUT2D eigenvalue weighted by molar-refractivity contribution is 6.30. The molecule has 1 aliphatic carbocycles. The molecule has 1 N–H and O–H groups in total. The number of hydrogen-bond donors (Lipinski definition) is 1. The molecule has 0 amide bonds. The van der Waals surface area contributed by atoms with Crippen LogP contribution >= 0.6 is 11.6 Å². The molecule has 1 saturated carbocycles. The fraction of sp³-hybridized carbons (Fsp3) is 0.667. The van der Waals surface area contributed by atoms with Crippen molar-refractivity contribution in [3.05, 3.63) is 34.9 Å². The minimum atomic E-state index is 0.320. The Labute approximate surface area is 133 Å². The lowest BCUT2D eigenvalue weighted by Crippen LogP contribution is -2.54. The summed E-state index contributed by atoms with van der Waals surface area (Å²) in [7, 11) is 0. The molecule has 21 heavy (non-hydrogen) atoms. The first-order valence-corrected chi connectivity index (χ1v) is 8.88. The van der Waals surface area contributed by atoms with Gasteiger partial charge in [0.15, 0.2) is 0 Å². The Morgan fingerprint density at radius 2 is 1.71 bits per heavy atom. The van der Waals surface area contributed by atoms with Crippen molar-refractivity contribution < 1.29 is 0 Å². The number of nitrogens with zero attached hydrogens (tertiary/aromatic N) is 1. The number of hydrogen-bond acceptors (Lipinski definition) is 2. The molecule has 3 heteroatoms. The van der Waals surface area contributed by atoms with Gasteiger partial charge in [0.2, 0.25) is 0 Å². The SMILES string of the molecule is CCNC(c1ccc(Cl)cc1)C1(N2CCCC2)CCCC1. The number of rotatable bonds is 5. The topological polar surface area (TPSA) is 15.3 Å². The summed E-state index contributed by atoms with van der Waals surface area (Å²) >= 11 is 6.08. The minimum Gasteiger partial charge on any atom is -0.309 e. The van der Waals surface area contributed by atoms with Crippen LogP contribution in [0.2, 0.25) is 5.02 Å². The highest BCUT2D eigenvalue weighted by Gasteiger charge is 2.46. The van der Waals surface area contributed by atoms with Crippen LogP contribution in [0.1, 0.15) is 57.1 Å². The van der Waals surface area contributed by atoms with Gasteiger partial charge in [0.25, 0.3) is 0 Å². The van der Waals surface area contributed by atoms with Crippen LogP contribution < -0.4 is 5.32 Å². The van der Waals surface area contributed by atoms with E-state index in [2.05, 4.69) is 29.3 Å². The molecule has 2 nitrogen and oxygen atoms in total. The Balaban J connectivity index is 1.94. The van der Waals surface area contributed by atoms with Gasteiger partial charge in [0, 0.05) is 10.6 Å². The van der Waals surface area contributed by atoms with E-state index in [9.17, 15) is 0 Å². The summed E-state index contributed by atoms with van der Waals surface area (Å²) in [5.74, 6) is 0. The zero-order chi connectivity index (χ0) is 14.7. The molecule has 1 atom stereocenters. The zero-order valence-electron chi connectivity index (χ0n) is 13.1. The van der Waals surface area contributed by atoms with Gasteiger partial charge in [-0.15, -0.1) is 0 Å². The molecule has 1 saturated heterocycles. The summed E-state index contributed by atoms with van der Waals surface area (Å²) in [6.45, 7) is 5.78. The van der Waals surface area contributed by atoms with E-state index in [0.717, 1.165) is 11.6 Å². The quantitative estimate of drug-likeness (QED) is 0.867. The van der Waals surface area contributed by atoms with Crippen LogP contribution in [0, 0.1) is 0 Å². The lowest BCUT2D eigenvalue weighted by Gasteiger charge is -2.45. The fourth-order valence-corrected chi connectivity index (χ4v) is 4.54. The molecule has 1 unspecified atom stereocenters. The van der Waals surface area contributed by atoms with Gasteiger partial charge >= 0.3 is 0 Å². The summed E-state index contributed by atoms with van der Waals surface area (Å²) < 4.78 is 0. The van der Waals surface area contributed by atoms with Crippen molar-refractivity contribution in [1.29, 1.82) is 0 Å². The number of benzene rings is 1. The van der Waals surface area contributed by atoms with E-state index in [1.165, 1.54) is 57.2 Å². The Hall–Kier alpha value is -0.570. The van der Waals surface area contributed by atoms with Crippen molar-refractivity contribution in [2.45, 2.75) is 57.0 Å². The monoisotopic (exact) mass is 306 g/mol. The number of likely N-dealkylation sites (N-methyl/N-ethyl adjacent to an activating group) is 1. The number of halogens is 1. The van der Waals surface area contributed by atoms with Crippen LogP contribution in [0.5, 0.6) is 0 Å². The molecular formula is C18H27ClN2. The third kappa shape index (κ3) is 2.99. The van der Waals surface area contributed by atoms with E-state index < -0.39 is 0 Å². The molecule has 1 heterocycles. The van der Waals surface area contributed by atoms with Crippen LogP contribution in [0.3, 0.4) is 0 Å². The highest BCUT2D eigenvalue weighted by atomic mass is 35.5. The first kappa shape index (κ1) is 15.3. The van der Waals surface area contributed by atoms with Crippen LogP contribution in [-0.2, 0) is 0 Å². The number of likely N-dealkylation sites (tertiary alicyclic amines) is 1. The number of nitrogens with one attached hydrogen (secondary N) is 1. The third-order valence-corrected chi connectivity index (χ3v) is 5.61. The molecule has 0 aromatic heterocycles. The van der Waals surface area contributed by atoms with Crippen molar-refractivity contribution in [3.63, 3.8) is 0 Å². The van der Waals surface area contributed by atoms with Crippen molar-refractivity contribution >= 4 is 11.6 Å². The standard InChI is InChI=1S/C18H27ClN2/c1-2-20-17(15-7-9-16(19)10-8-15)18(11-3-4-12-18)21-13-5-6-14-21/h7-10,17,20H,2-6,11-14H2,1H3. The summed E-state index contributed by atoms with van der Waals surface area (Å²) in [4.78, 5) is 2.78. The molecule has 1 aromatic carbocycles. The van der Waals surface area contributed by atoms with Crippen LogP contribution in [0.15, 0.2) is 24.3 Å². The van der Waals surface area contributed by atoms with Gasteiger partial charge in [0.05, 0.1) is 6.04 Å². The van der Waals surface area contributed by atoms with Gasteiger partial charge in [-0.05, 0) is 63.0 Å². The minimum absolute atomic E-state index is 0.320. The van der Waals surface area contributed by atoms with Gasteiger partial charge in [-0.2, -0.15) is 0 Å². The maximum absolute atomic E-state index is 6.08. The van der Waals surface area contributed by atoms with Gasteiger partial charge in [-0.1, -0.05) is 43.5 Å². The Kier molecular flexibility index (Phi) is 4.88. The van der Waals surface area contributed by atoms with E-state index in [-0.39, 0.29) is 0 Å². The van der Waals surface area contributed by atoms with Crippen LogP contribution in [-0.4, -0.2) is 30.1 Å². The van der Waals surface area contributed by atoms with Crippen LogP contribution in [0.25, 0.3) is 0 Å². The maximum Gasteiger partial charge on any atom is 0.0507 e. The lowest BCUT2D eigenvalue weighted by atomic mass is 9.82. The molecule has 2 fully saturated rings. The van der Waals surface area contributed by atoms with E-state index >= 15 is 0 Å². The second-order valence-corrected chi connectivity index (χ2v) is 6.98. The maximum atomic E-state index is 6.08. The Bertz CT molecular complexity index is 445. The molecular weight excluding hydrogens is 280 g/mol. The van der Waals surface area contributed by atoms with Crippen molar-refractivity contribution in [2.24, 2.45) is 0 Å². The first-order chi connectivity index (χ1) is 10.3. The third-order valence-electron chi connectivity index (χ3n) is 5.35. The highest BCUT2D eigenvalue weighted by Crippen LogP contribution is 2.46. The van der Waals surface area contributed by atoms with Crippen molar-refractivity contribution in [1.82, 2.24) is 10.2 Å². The average Bonchev–Trinajstić information content (AvgIpc) is 3.18. The van der Waals surface area contributed by atoms with Crippen molar-refractivity contribution in [2.75, 3.05) is 19.6 Å². The Morgan fingerprint density at radius 1 is 1.10 bits per heavy atom. The normalized spacial score (nSPS) is 23.5. The molecule has 0 bridgehead atoms. The molecule has 1 aromatic rings. The molecule has 3 rings (SSSR count). The van der Waals surface area contributed by atoms with Crippen molar-refractivity contribution in [3.8, 4) is 0 Å². The molecule has 2 aliphatic rings. The predicted octanol–water partition coefficient (Wildman–Crippen LogP) is 4.40. The molecule has 1 aliphatic heterocycles. The predicted molar refractivity (Wildman–Crippen MR) is 89.9 cm³/mol. The van der Waals surface area contributed by atoms with E-state index in [1.54, 1.807) is 0 Å². The summed E-state index contributed by atoms with van der Waals surface area (Å²) in [5.41, 5.74) is 1.72. The van der Waals surface area contributed by atoms with E-state index in [1.807, 2.05) is 12.1 Å². The molecule has 0 radical (unpaired) electrons. The fourth-order valence-electron chi connectivity index (χ4n) is 4.41.